The maximum absolute atomic E-state index is 5.34. The predicted octanol–water partition coefficient (Wildman–Crippen LogP) is 3.47. The quantitative estimate of drug-likeness (QED) is 0.728. The van der Waals surface area contributed by atoms with Crippen molar-refractivity contribution in [2.75, 3.05) is 14.2 Å². The highest BCUT2D eigenvalue weighted by molar-refractivity contribution is 5.93. The highest BCUT2D eigenvalue weighted by Crippen LogP contribution is 2.28. The molecule has 0 saturated carbocycles. The zero-order valence-electron chi connectivity index (χ0n) is 9.44. The number of rotatable bonds is 3. The third-order valence-electron chi connectivity index (χ3n) is 2.52. The fraction of sp³-hybridized carbons (Fsp3) is 0.143. The van der Waals surface area contributed by atoms with Gasteiger partial charge in [0.05, 0.1) is 20.5 Å². The number of hydrogen-bond acceptors (Lipinski definition) is 2. The summed E-state index contributed by atoms with van der Waals surface area (Å²) in [6.07, 6.45) is 3.57. The Hall–Kier alpha value is -1.96. The summed E-state index contributed by atoms with van der Waals surface area (Å²) in [6, 6.07) is 12.2. The molecule has 16 heavy (non-hydrogen) atoms. The fourth-order valence-corrected chi connectivity index (χ4v) is 1.76. The van der Waals surface area contributed by atoms with Crippen molar-refractivity contribution in [2.45, 2.75) is 0 Å². The van der Waals surface area contributed by atoms with Gasteiger partial charge in [-0.05, 0) is 22.9 Å². The molecule has 0 bridgehead atoms. The van der Waals surface area contributed by atoms with Crippen LogP contribution in [0.25, 0.3) is 16.8 Å². The Labute approximate surface area is 95.1 Å². The molecule has 0 spiro atoms. The van der Waals surface area contributed by atoms with Gasteiger partial charge in [-0.1, -0.05) is 30.3 Å². The second kappa shape index (κ2) is 4.71. The maximum Gasteiger partial charge on any atom is 0.126 e. The van der Waals surface area contributed by atoms with Crippen molar-refractivity contribution in [3.8, 4) is 5.75 Å². The Balaban J connectivity index is 2.68. The molecule has 0 aliphatic carbocycles. The van der Waals surface area contributed by atoms with Crippen molar-refractivity contribution in [1.82, 2.24) is 0 Å². The Kier molecular flexibility index (Phi) is 3.10. The minimum Gasteiger partial charge on any atom is -0.504 e. The van der Waals surface area contributed by atoms with Gasteiger partial charge in [-0.15, -0.1) is 0 Å². The lowest BCUT2D eigenvalue weighted by Crippen LogP contribution is -1.88. The molecule has 0 atom stereocenters. The summed E-state index contributed by atoms with van der Waals surface area (Å²) in [5.74, 6) is 0.854. The highest BCUT2D eigenvalue weighted by atomic mass is 16.5. The second-order valence-corrected chi connectivity index (χ2v) is 3.44. The van der Waals surface area contributed by atoms with Crippen molar-refractivity contribution >= 4 is 16.8 Å². The Morgan fingerprint density at radius 1 is 1.00 bits per heavy atom. The smallest absolute Gasteiger partial charge is 0.126 e. The van der Waals surface area contributed by atoms with Gasteiger partial charge in [-0.3, -0.25) is 0 Å². The van der Waals surface area contributed by atoms with Crippen LogP contribution >= 0.6 is 0 Å². The molecule has 0 amide bonds. The lowest BCUT2D eigenvalue weighted by Gasteiger charge is -2.08. The topological polar surface area (TPSA) is 18.5 Å². The van der Waals surface area contributed by atoms with E-state index < -0.39 is 0 Å². The van der Waals surface area contributed by atoms with E-state index in [0.29, 0.717) is 0 Å². The van der Waals surface area contributed by atoms with E-state index in [9.17, 15) is 0 Å². The summed E-state index contributed by atoms with van der Waals surface area (Å²) < 4.78 is 10.3. The van der Waals surface area contributed by atoms with Gasteiger partial charge in [-0.25, -0.2) is 0 Å². The second-order valence-electron chi connectivity index (χ2n) is 3.44. The summed E-state index contributed by atoms with van der Waals surface area (Å²) in [7, 11) is 3.31. The molecule has 2 aromatic carbocycles. The average Bonchev–Trinajstić information content (AvgIpc) is 2.35. The summed E-state index contributed by atoms with van der Waals surface area (Å²) in [4.78, 5) is 0. The number of fused-ring (bicyclic) bond motifs is 1. The predicted molar refractivity (Wildman–Crippen MR) is 66.5 cm³/mol. The lowest BCUT2D eigenvalue weighted by molar-refractivity contribution is 0.341. The molecule has 2 rings (SSSR count). The first-order valence-corrected chi connectivity index (χ1v) is 5.12. The zero-order chi connectivity index (χ0) is 11.4. The molecule has 0 fully saturated rings. The number of hydrogen-bond donors (Lipinski definition) is 0. The molecule has 2 heteroatoms. The molecule has 0 N–H and O–H groups in total. The van der Waals surface area contributed by atoms with Gasteiger partial charge in [0.25, 0.3) is 0 Å². The summed E-state index contributed by atoms with van der Waals surface area (Å²) in [5.41, 5.74) is 1.04. The molecule has 0 aliphatic rings. The van der Waals surface area contributed by atoms with Crippen LogP contribution in [0.3, 0.4) is 0 Å². The van der Waals surface area contributed by atoms with Crippen LogP contribution in [0.5, 0.6) is 5.75 Å². The van der Waals surface area contributed by atoms with E-state index in [1.807, 2.05) is 24.3 Å². The van der Waals surface area contributed by atoms with Gasteiger partial charge in [0.2, 0.25) is 0 Å². The lowest BCUT2D eigenvalue weighted by atomic mass is 10.0. The van der Waals surface area contributed by atoms with Crippen LogP contribution in [0.2, 0.25) is 0 Å². The molecular formula is C14H14O2. The molecule has 0 radical (unpaired) electrons. The van der Waals surface area contributed by atoms with Crippen LogP contribution in [0, 0.1) is 0 Å². The Bertz CT molecular complexity index is 515. The number of methoxy groups -OCH3 is 2. The normalized spacial score (nSPS) is 10.9. The van der Waals surface area contributed by atoms with Crippen LogP contribution in [-0.2, 0) is 4.74 Å². The van der Waals surface area contributed by atoms with Crippen molar-refractivity contribution in [3.05, 3.63) is 48.2 Å². The van der Waals surface area contributed by atoms with E-state index in [1.165, 1.54) is 5.39 Å². The standard InChI is InChI=1S/C14H14O2/c1-15-10-9-13-12-6-4-3-5-11(12)7-8-14(13)16-2/h3-10H,1-2H3/b10-9+. The van der Waals surface area contributed by atoms with Crippen LogP contribution in [-0.4, -0.2) is 14.2 Å². The highest BCUT2D eigenvalue weighted by Gasteiger charge is 2.04. The van der Waals surface area contributed by atoms with Gasteiger partial charge in [-0.2, -0.15) is 0 Å². The molecular weight excluding hydrogens is 200 g/mol. The first-order chi connectivity index (χ1) is 7.86. The molecule has 0 saturated heterocycles. The van der Waals surface area contributed by atoms with Crippen LogP contribution in [0.1, 0.15) is 5.56 Å². The van der Waals surface area contributed by atoms with Gasteiger partial charge >= 0.3 is 0 Å². The third kappa shape index (κ3) is 1.87. The minimum absolute atomic E-state index is 0.854. The Morgan fingerprint density at radius 2 is 1.81 bits per heavy atom. The van der Waals surface area contributed by atoms with Crippen molar-refractivity contribution in [3.63, 3.8) is 0 Å². The first-order valence-electron chi connectivity index (χ1n) is 5.12. The van der Waals surface area contributed by atoms with E-state index in [1.54, 1.807) is 20.5 Å². The summed E-state index contributed by atoms with van der Waals surface area (Å²) in [5, 5.41) is 2.36. The van der Waals surface area contributed by atoms with Crippen molar-refractivity contribution < 1.29 is 9.47 Å². The zero-order valence-corrected chi connectivity index (χ0v) is 9.44. The average molecular weight is 214 g/mol. The van der Waals surface area contributed by atoms with E-state index in [4.69, 9.17) is 9.47 Å². The van der Waals surface area contributed by atoms with Crippen molar-refractivity contribution in [2.24, 2.45) is 0 Å². The maximum atomic E-state index is 5.34. The van der Waals surface area contributed by atoms with Crippen molar-refractivity contribution in [1.29, 1.82) is 0 Å². The number of ether oxygens (including phenoxy) is 2. The van der Waals surface area contributed by atoms with E-state index >= 15 is 0 Å². The third-order valence-corrected chi connectivity index (χ3v) is 2.52. The molecule has 0 aliphatic heterocycles. The van der Waals surface area contributed by atoms with Gasteiger partial charge in [0, 0.05) is 5.56 Å². The largest absolute Gasteiger partial charge is 0.504 e. The van der Waals surface area contributed by atoms with Crippen LogP contribution < -0.4 is 4.74 Å². The number of benzene rings is 2. The van der Waals surface area contributed by atoms with Crippen LogP contribution in [0.4, 0.5) is 0 Å². The summed E-state index contributed by atoms with van der Waals surface area (Å²) in [6.45, 7) is 0. The molecule has 0 unspecified atom stereocenters. The van der Waals surface area contributed by atoms with Gasteiger partial charge in [0.1, 0.15) is 5.75 Å². The molecule has 2 nitrogen and oxygen atoms in total. The monoisotopic (exact) mass is 214 g/mol. The van der Waals surface area contributed by atoms with Gasteiger partial charge in [0.15, 0.2) is 0 Å². The molecule has 82 valence electrons. The minimum atomic E-state index is 0.854. The van der Waals surface area contributed by atoms with Gasteiger partial charge < -0.3 is 9.47 Å². The first kappa shape index (κ1) is 10.6. The molecule has 0 aromatic heterocycles. The molecule has 2 aromatic rings. The Morgan fingerprint density at radius 3 is 2.56 bits per heavy atom. The molecule has 0 heterocycles. The van der Waals surface area contributed by atoms with E-state index in [0.717, 1.165) is 16.7 Å². The van der Waals surface area contributed by atoms with E-state index in [-0.39, 0.29) is 0 Å². The SMILES string of the molecule is CO/C=C/c1c(OC)ccc2ccccc12. The fourth-order valence-electron chi connectivity index (χ4n) is 1.76. The van der Waals surface area contributed by atoms with E-state index in [2.05, 4.69) is 18.2 Å². The van der Waals surface area contributed by atoms with Crippen LogP contribution in [0.15, 0.2) is 42.7 Å². The summed E-state index contributed by atoms with van der Waals surface area (Å²) >= 11 is 0.